The summed E-state index contributed by atoms with van der Waals surface area (Å²) >= 11 is 11.3. The number of hydrogen-bond acceptors (Lipinski definition) is 6. The van der Waals surface area contributed by atoms with Gasteiger partial charge < -0.3 is 0 Å². The average molecular weight is 769 g/mol. The van der Waals surface area contributed by atoms with E-state index in [0.717, 1.165) is 0 Å². The molecule has 0 saturated heterocycles. The summed E-state index contributed by atoms with van der Waals surface area (Å²) in [4.78, 5) is 2.65. The van der Waals surface area contributed by atoms with Crippen LogP contribution in [-0.2, 0) is 0 Å². The SMILES string of the molecule is c1cc2cc3sc(-c4ccc(-c5ccc6c(c5)sc5c7ccc(-c8ccc(-c9cc%10cc%11sccc%11cc%10s9)cc8)cc7sc65)cc4)cc3cc2s1. The molecule has 12 aromatic rings. The molecule has 244 valence electrons. The Balaban J connectivity index is 0.828. The first kappa shape index (κ1) is 29.9. The van der Waals surface area contributed by atoms with Crippen LogP contribution >= 0.6 is 68.0 Å². The molecule has 0 fully saturated rings. The molecule has 6 aromatic carbocycles. The van der Waals surface area contributed by atoms with Crippen LogP contribution in [0.1, 0.15) is 0 Å². The number of thiophene rings is 6. The van der Waals surface area contributed by atoms with Crippen LogP contribution < -0.4 is 0 Å². The highest BCUT2D eigenvalue weighted by atomic mass is 32.1. The van der Waals surface area contributed by atoms with Crippen molar-refractivity contribution >= 4 is 138 Å². The molecule has 0 N–H and O–H groups in total. The number of benzene rings is 6. The lowest BCUT2D eigenvalue weighted by Gasteiger charge is -2.04. The molecular weight excluding hydrogens is 745 g/mol. The lowest BCUT2D eigenvalue weighted by atomic mass is 10.0. The van der Waals surface area contributed by atoms with Crippen LogP contribution in [0, 0.1) is 0 Å². The molecule has 0 bridgehead atoms. The summed E-state index contributed by atoms with van der Waals surface area (Å²) in [5.41, 5.74) is 7.63. The summed E-state index contributed by atoms with van der Waals surface area (Å²) in [5.74, 6) is 0. The van der Waals surface area contributed by atoms with Crippen LogP contribution in [0.15, 0.2) is 144 Å². The van der Waals surface area contributed by atoms with E-state index in [0.29, 0.717) is 0 Å². The van der Waals surface area contributed by atoms with E-state index in [1.807, 2.05) is 68.0 Å². The average Bonchev–Trinajstić information content (AvgIpc) is 4.04. The Morgan fingerprint density at radius 1 is 0.269 bits per heavy atom. The topological polar surface area (TPSA) is 0 Å². The maximum atomic E-state index is 2.38. The van der Waals surface area contributed by atoms with Gasteiger partial charge in [-0.1, -0.05) is 72.8 Å². The third-order valence-corrected chi connectivity index (χ3v) is 16.8. The number of rotatable bonds is 4. The van der Waals surface area contributed by atoms with Gasteiger partial charge in [-0.15, -0.1) is 68.0 Å². The molecule has 0 unspecified atom stereocenters. The van der Waals surface area contributed by atoms with Crippen molar-refractivity contribution in [1.29, 1.82) is 0 Å². The van der Waals surface area contributed by atoms with Crippen molar-refractivity contribution in [2.24, 2.45) is 0 Å². The maximum Gasteiger partial charge on any atom is 0.0542 e. The van der Waals surface area contributed by atoms with Gasteiger partial charge in [0.25, 0.3) is 0 Å². The molecule has 6 aromatic heterocycles. The standard InChI is InChI=1S/C46H24S6/c1-5-27(39-23-33-21-37-31(13-15-47-37)19-41(33)49-39)6-2-25(1)29-9-11-35-43(17-29)51-46-36-12-10-30(18-44(36)52-45(35)46)26-3-7-28(8-4-26)40-24-34-22-38-32(14-16-48-38)20-42(34)50-40/h1-24H. The van der Waals surface area contributed by atoms with Crippen molar-refractivity contribution < 1.29 is 0 Å². The zero-order valence-corrected chi connectivity index (χ0v) is 32.2. The van der Waals surface area contributed by atoms with Gasteiger partial charge in [-0.3, -0.25) is 0 Å². The molecule has 6 heterocycles. The van der Waals surface area contributed by atoms with Gasteiger partial charge in [-0.2, -0.15) is 0 Å². The van der Waals surface area contributed by atoms with Crippen molar-refractivity contribution in [3.63, 3.8) is 0 Å². The van der Waals surface area contributed by atoms with E-state index in [2.05, 4.69) is 144 Å². The van der Waals surface area contributed by atoms with E-state index >= 15 is 0 Å². The zero-order chi connectivity index (χ0) is 33.9. The second kappa shape index (κ2) is 11.4. The summed E-state index contributed by atoms with van der Waals surface area (Å²) in [6.07, 6.45) is 0. The summed E-state index contributed by atoms with van der Waals surface area (Å²) in [6.45, 7) is 0. The van der Waals surface area contributed by atoms with Gasteiger partial charge in [-0.05, 0) is 126 Å². The highest BCUT2D eigenvalue weighted by molar-refractivity contribution is 7.36. The quantitative estimate of drug-likeness (QED) is 0.167. The highest BCUT2D eigenvalue weighted by Gasteiger charge is 2.15. The molecule has 0 spiro atoms. The molecule has 0 aliphatic carbocycles. The zero-order valence-electron chi connectivity index (χ0n) is 27.3. The Hall–Kier alpha value is -4.66. The van der Waals surface area contributed by atoms with Gasteiger partial charge in [0.05, 0.1) is 9.40 Å². The molecule has 6 heteroatoms. The Morgan fingerprint density at radius 3 is 1.13 bits per heavy atom. The molecule has 0 aliphatic heterocycles. The smallest absolute Gasteiger partial charge is 0.0542 e. The minimum Gasteiger partial charge on any atom is -0.144 e. The largest absolute Gasteiger partial charge is 0.144 e. The van der Waals surface area contributed by atoms with Gasteiger partial charge >= 0.3 is 0 Å². The Bertz CT molecular complexity index is 3010. The third kappa shape index (κ3) is 4.73. The van der Waals surface area contributed by atoms with Crippen LogP contribution in [0.25, 0.3) is 113 Å². The van der Waals surface area contributed by atoms with Gasteiger partial charge in [0.1, 0.15) is 0 Å². The van der Waals surface area contributed by atoms with Crippen molar-refractivity contribution in [3.05, 3.63) is 144 Å². The Labute approximate surface area is 322 Å². The predicted octanol–water partition coefficient (Wildman–Crippen LogP) is 16.8. The van der Waals surface area contributed by atoms with Crippen LogP contribution in [0.5, 0.6) is 0 Å². The molecule has 0 aliphatic rings. The van der Waals surface area contributed by atoms with Gasteiger partial charge in [0, 0.05) is 48.7 Å². The lowest BCUT2D eigenvalue weighted by molar-refractivity contribution is 1.65. The van der Waals surface area contributed by atoms with Crippen LogP contribution in [0.3, 0.4) is 0 Å². The summed E-state index contributed by atoms with van der Waals surface area (Å²) in [7, 11) is 0. The van der Waals surface area contributed by atoms with E-state index < -0.39 is 0 Å². The van der Waals surface area contributed by atoms with Crippen LogP contribution in [0.2, 0.25) is 0 Å². The van der Waals surface area contributed by atoms with E-state index in [4.69, 9.17) is 0 Å². The first-order valence-electron chi connectivity index (χ1n) is 17.1. The number of hydrogen-bond donors (Lipinski definition) is 0. The second-order valence-corrected chi connectivity index (χ2v) is 19.5. The Kier molecular flexibility index (Phi) is 6.56. The Morgan fingerprint density at radius 2 is 0.673 bits per heavy atom. The summed E-state index contributed by atoms with van der Waals surface area (Å²) in [5, 5.41) is 12.4. The summed E-state index contributed by atoms with van der Waals surface area (Å²) in [6, 6.07) is 50.7. The molecule has 0 saturated carbocycles. The monoisotopic (exact) mass is 768 g/mol. The molecular formula is C46H24S6. The first-order valence-corrected chi connectivity index (χ1v) is 22.1. The van der Waals surface area contributed by atoms with Crippen LogP contribution in [-0.4, -0.2) is 0 Å². The minimum absolute atomic E-state index is 1.26. The molecule has 0 nitrogen and oxygen atoms in total. The second-order valence-electron chi connectivity index (χ2n) is 13.4. The van der Waals surface area contributed by atoms with Crippen LogP contribution in [0.4, 0.5) is 0 Å². The van der Waals surface area contributed by atoms with Crippen molar-refractivity contribution in [3.8, 4) is 43.1 Å². The van der Waals surface area contributed by atoms with Crippen molar-refractivity contribution in [1.82, 2.24) is 0 Å². The molecule has 0 radical (unpaired) electrons. The number of fused-ring (bicyclic) bond motifs is 9. The molecule has 0 atom stereocenters. The van der Waals surface area contributed by atoms with Crippen molar-refractivity contribution in [2.45, 2.75) is 0 Å². The minimum atomic E-state index is 1.26. The molecule has 52 heavy (non-hydrogen) atoms. The first-order chi connectivity index (χ1) is 25.7. The van der Waals surface area contributed by atoms with Gasteiger partial charge in [-0.25, -0.2) is 0 Å². The van der Waals surface area contributed by atoms with E-state index in [-0.39, 0.29) is 0 Å². The third-order valence-electron chi connectivity index (χ3n) is 10.3. The predicted molar refractivity (Wildman–Crippen MR) is 238 cm³/mol. The van der Waals surface area contributed by atoms with E-state index in [1.54, 1.807) is 0 Å². The molecule has 12 rings (SSSR count). The van der Waals surface area contributed by atoms with E-state index in [9.17, 15) is 0 Å². The van der Waals surface area contributed by atoms with Gasteiger partial charge in [0.15, 0.2) is 0 Å². The van der Waals surface area contributed by atoms with Crippen molar-refractivity contribution in [2.75, 3.05) is 0 Å². The normalized spacial score (nSPS) is 12.2. The summed E-state index contributed by atoms with van der Waals surface area (Å²) < 4.78 is 10.9. The van der Waals surface area contributed by atoms with E-state index in [1.165, 1.54) is 113 Å². The lowest BCUT2D eigenvalue weighted by Crippen LogP contribution is -1.78. The fraction of sp³-hybridized carbons (Fsp3) is 0. The fourth-order valence-electron chi connectivity index (χ4n) is 7.54. The maximum absolute atomic E-state index is 2.38. The fourth-order valence-corrected chi connectivity index (χ4v) is 14.1. The molecule has 0 amide bonds. The van der Waals surface area contributed by atoms with Gasteiger partial charge in [0.2, 0.25) is 0 Å². The highest BCUT2D eigenvalue weighted by Crippen LogP contribution is 2.46.